The lowest BCUT2D eigenvalue weighted by Crippen LogP contribution is -2.47. The van der Waals surface area contributed by atoms with Crippen LogP contribution in [0.5, 0.6) is 0 Å². The van der Waals surface area contributed by atoms with Gasteiger partial charge in [-0.1, -0.05) is 0 Å². The summed E-state index contributed by atoms with van der Waals surface area (Å²) in [6, 6.07) is 2.19. The molecule has 92 valence electrons. The zero-order valence-corrected chi connectivity index (χ0v) is 10.0. The van der Waals surface area contributed by atoms with Crippen molar-refractivity contribution in [1.82, 2.24) is 9.80 Å². The molecule has 0 saturated carbocycles. The third kappa shape index (κ3) is 5.42. The lowest BCUT2D eigenvalue weighted by Gasteiger charge is -2.33. The monoisotopic (exact) mass is 227 g/mol. The van der Waals surface area contributed by atoms with Crippen LogP contribution < -0.4 is 0 Å². The van der Waals surface area contributed by atoms with Crippen LogP contribution in [0.4, 0.5) is 0 Å². The van der Waals surface area contributed by atoms with E-state index < -0.39 is 0 Å². The Morgan fingerprint density at radius 2 is 1.75 bits per heavy atom. The van der Waals surface area contributed by atoms with Gasteiger partial charge in [-0.25, -0.2) is 0 Å². The molecule has 1 aliphatic heterocycles. The molecule has 1 heterocycles. The fourth-order valence-electron chi connectivity index (χ4n) is 1.71. The van der Waals surface area contributed by atoms with Gasteiger partial charge in [-0.3, -0.25) is 9.80 Å². The van der Waals surface area contributed by atoms with E-state index in [2.05, 4.69) is 15.9 Å². The number of methoxy groups -OCH3 is 1. The zero-order chi connectivity index (χ0) is 11.6. The first-order chi connectivity index (χ1) is 7.86. The van der Waals surface area contributed by atoms with Crippen LogP contribution in [0.15, 0.2) is 0 Å². The molecule has 0 aromatic rings. The second kappa shape index (κ2) is 8.48. The van der Waals surface area contributed by atoms with Crippen molar-refractivity contribution < 1.29 is 9.47 Å². The Morgan fingerprint density at radius 1 is 1.06 bits per heavy atom. The Kier molecular flexibility index (Phi) is 7.10. The molecular formula is C11H21N3O2. The van der Waals surface area contributed by atoms with Crippen molar-refractivity contribution in [3.05, 3.63) is 0 Å². The minimum absolute atomic E-state index is 0.554. The van der Waals surface area contributed by atoms with Crippen molar-refractivity contribution in [3.63, 3.8) is 0 Å². The summed E-state index contributed by atoms with van der Waals surface area (Å²) in [4.78, 5) is 4.56. The summed E-state index contributed by atoms with van der Waals surface area (Å²) in [6.45, 7) is 7.69. The van der Waals surface area contributed by atoms with Crippen LogP contribution >= 0.6 is 0 Å². The highest BCUT2D eigenvalue weighted by Gasteiger charge is 2.15. The van der Waals surface area contributed by atoms with Crippen molar-refractivity contribution in [1.29, 1.82) is 5.26 Å². The van der Waals surface area contributed by atoms with E-state index in [4.69, 9.17) is 14.7 Å². The number of hydrogen-bond donors (Lipinski definition) is 0. The lowest BCUT2D eigenvalue weighted by atomic mass is 10.3. The quantitative estimate of drug-likeness (QED) is 0.445. The third-order valence-electron chi connectivity index (χ3n) is 2.74. The van der Waals surface area contributed by atoms with E-state index in [1.807, 2.05) is 0 Å². The average molecular weight is 227 g/mol. The zero-order valence-electron chi connectivity index (χ0n) is 10.0. The fourth-order valence-corrected chi connectivity index (χ4v) is 1.71. The Labute approximate surface area is 97.5 Å². The second-order valence-corrected chi connectivity index (χ2v) is 3.88. The molecule has 0 spiro atoms. The topological polar surface area (TPSA) is 48.7 Å². The molecule has 0 aromatic heterocycles. The summed E-state index contributed by atoms with van der Waals surface area (Å²) in [5.74, 6) is 0. The number of ether oxygens (including phenoxy) is 2. The minimum Gasteiger partial charge on any atom is -0.382 e. The van der Waals surface area contributed by atoms with Gasteiger partial charge in [0.25, 0.3) is 0 Å². The van der Waals surface area contributed by atoms with Crippen LogP contribution in [0.3, 0.4) is 0 Å². The first-order valence-electron chi connectivity index (χ1n) is 5.75. The van der Waals surface area contributed by atoms with Crippen LogP contribution in [-0.4, -0.2) is 76.0 Å². The summed E-state index contributed by atoms with van der Waals surface area (Å²) in [6.07, 6.45) is 0. The van der Waals surface area contributed by atoms with Gasteiger partial charge in [-0.15, -0.1) is 0 Å². The van der Waals surface area contributed by atoms with Gasteiger partial charge in [-0.05, 0) is 0 Å². The van der Waals surface area contributed by atoms with Crippen molar-refractivity contribution in [2.24, 2.45) is 0 Å². The first-order valence-corrected chi connectivity index (χ1v) is 5.75. The van der Waals surface area contributed by atoms with Crippen molar-refractivity contribution in [3.8, 4) is 6.07 Å². The minimum atomic E-state index is 0.554. The van der Waals surface area contributed by atoms with Gasteiger partial charge in [-0.2, -0.15) is 5.26 Å². The van der Waals surface area contributed by atoms with Crippen LogP contribution in [0.25, 0.3) is 0 Å². The molecule has 0 aromatic carbocycles. The van der Waals surface area contributed by atoms with Crippen molar-refractivity contribution >= 4 is 0 Å². The Bertz CT molecular complexity index is 210. The average Bonchev–Trinajstić information content (AvgIpc) is 2.31. The molecule has 5 nitrogen and oxygen atoms in total. The second-order valence-electron chi connectivity index (χ2n) is 3.88. The number of piperazine rings is 1. The van der Waals surface area contributed by atoms with Crippen molar-refractivity contribution in [2.75, 3.05) is 66.2 Å². The summed E-state index contributed by atoms with van der Waals surface area (Å²) in [7, 11) is 1.68. The van der Waals surface area contributed by atoms with Crippen LogP contribution in [0.2, 0.25) is 0 Å². The molecule has 0 atom stereocenters. The third-order valence-corrected chi connectivity index (χ3v) is 2.74. The van der Waals surface area contributed by atoms with Gasteiger partial charge in [0.1, 0.15) is 0 Å². The SMILES string of the molecule is COCCOCCN1CCN(CC#N)CC1. The maximum atomic E-state index is 8.57. The van der Waals surface area contributed by atoms with Gasteiger partial charge < -0.3 is 9.47 Å². The number of nitriles is 1. The predicted molar refractivity (Wildman–Crippen MR) is 61.2 cm³/mol. The Balaban J connectivity index is 1.98. The van der Waals surface area contributed by atoms with Crippen LogP contribution in [-0.2, 0) is 9.47 Å². The normalized spacial score (nSPS) is 18.5. The summed E-state index contributed by atoms with van der Waals surface area (Å²) in [5.41, 5.74) is 0. The molecule has 1 fully saturated rings. The maximum Gasteiger partial charge on any atom is 0.0866 e. The smallest absolute Gasteiger partial charge is 0.0866 e. The molecule has 5 heteroatoms. The van der Waals surface area contributed by atoms with Gasteiger partial charge in [0.15, 0.2) is 0 Å². The highest BCUT2D eigenvalue weighted by molar-refractivity contribution is 4.80. The number of rotatable bonds is 7. The summed E-state index contributed by atoms with van der Waals surface area (Å²) >= 11 is 0. The standard InChI is InChI=1S/C11H21N3O2/c1-15-10-11-16-9-8-14-6-4-13(3-2-12)5-7-14/h3-11H2,1H3. The molecule has 0 unspecified atom stereocenters. The fraction of sp³-hybridized carbons (Fsp3) is 0.909. The van der Waals surface area contributed by atoms with Crippen molar-refractivity contribution in [2.45, 2.75) is 0 Å². The number of hydrogen-bond acceptors (Lipinski definition) is 5. The molecule has 0 aliphatic carbocycles. The van der Waals surface area contributed by atoms with E-state index >= 15 is 0 Å². The van der Waals surface area contributed by atoms with E-state index in [1.54, 1.807) is 7.11 Å². The molecule has 0 bridgehead atoms. The summed E-state index contributed by atoms with van der Waals surface area (Å²) in [5, 5.41) is 8.57. The molecule has 1 saturated heterocycles. The lowest BCUT2D eigenvalue weighted by molar-refractivity contribution is 0.0475. The molecule has 0 amide bonds. The largest absolute Gasteiger partial charge is 0.382 e. The van der Waals surface area contributed by atoms with Gasteiger partial charge >= 0.3 is 0 Å². The molecular weight excluding hydrogens is 206 g/mol. The maximum absolute atomic E-state index is 8.57. The molecule has 16 heavy (non-hydrogen) atoms. The predicted octanol–water partition coefficient (Wildman–Crippen LogP) is -0.209. The van der Waals surface area contributed by atoms with E-state index in [0.29, 0.717) is 19.8 Å². The molecule has 0 N–H and O–H groups in total. The van der Waals surface area contributed by atoms with E-state index in [0.717, 1.165) is 39.3 Å². The molecule has 1 aliphatic rings. The van der Waals surface area contributed by atoms with E-state index in [1.165, 1.54) is 0 Å². The highest BCUT2D eigenvalue weighted by Crippen LogP contribution is 2.00. The van der Waals surface area contributed by atoms with E-state index in [9.17, 15) is 0 Å². The van der Waals surface area contributed by atoms with Crippen LogP contribution in [0.1, 0.15) is 0 Å². The van der Waals surface area contributed by atoms with E-state index in [-0.39, 0.29) is 0 Å². The van der Waals surface area contributed by atoms with Crippen LogP contribution in [0, 0.1) is 11.3 Å². The van der Waals surface area contributed by atoms with Gasteiger partial charge in [0.05, 0.1) is 32.4 Å². The Hall–Kier alpha value is -0.670. The molecule has 1 rings (SSSR count). The highest BCUT2D eigenvalue weighted by atomic mass is 16.5. The first kappa shape index (κ1) is 13.4. The molecule has 0 radical (unpaired) electrons. The van der Waals surface area contributed by atoms with Gasteiger partial charge in [0, 0.05) is 39.8 Å². The van der Waals surface area contributed by atoms with Gasteiger partial charge in [0.2, 0.25) is 0 Å². The number of nitrogens with zero attached hydrogens (tertiary/aromatic N) is 3. The summed E-state index contributed by atoms with van der Waals surface area (Å²) < 4.78 is 10.3. The Morgan fingerprint density at radius 3 is 2.38 bits per heavy atom.